The fourth-order valence-electron chi connectivity index (χ4n) is 6.63. The highest BCUT2D eigenvalue weighted by Crippen LogP contribution is 2.41. The van der Waals surface area contributed by atoms with Crippen LogP contribution in [0.2, 0.25) is 0 Å². The molecule has 7 rings (SSSR count). The molecule has 2 heteroatoms. The first-order valence-electron chi connectivity index (χ1n) is 15.6. The first-order valence-corrected chi connectivity index (χ1v) is 15.6. The van der Waals surface area contributed by atoms with Crippen molar-refractivity contribution in [2.45, 2.75) is 39.5 Å². The number of hydrogen-bond acceptors (Lipinski definition) is 2. The summed E-state index contributed by atoms with van der Waals surface area (Å²) in [6.07, 6.45) is 13.0. The van der Waals surface area contributed by atoms with Crippen LogP contribution < -0.4 is 0 Å². The summed E-state index contributed by atoms with van der Waals surface area (Å²) in [6, 6.07) is 32.1. The van der Waals surface area contributed by atoms with Gasteiger partial charge in [-0.3, -0.25) is 0 Å². The lowest BCUT2D eigenvalue weighted by Crippen LogP contribution is -2.00. The number of rotatable bonds is 6. The molecule has 0 fully saturated rings. The molecular formula is C42H36N2. The van der Waals surface area contributed by atoms with Crippen molar-refractivity contribution in [1.82, 2.24) is 9.97 Å². The number of aromatic nitrogens is 2. The molecule has 1 heterocycles. The lowest BCUT2D eigenvalue weighted by molar-refractivity contribution is 0.740. The fourth-order valence-corrected chi connectivity index (χ4v) is 6.63. The highest BCUT2D eigenvalue weighted by molar-refractivity contribution is 6.17. The Morgan fingerprint density at radius 2 is 1.50 bits per heavy atom. The maximum Gasteiger partial charge on any atom is 0.160 e. The fraction of sp³-hybridized carbons (Fsp3) is 0.143. The molecule has 1 aromatic heterocycles. The maximum atomic E-state index is 5.09. The van der Waals surface area contributed by atoms with Crippen LogP contribution in [0.25, 0.3) is 61.4 Å². The lowest BCUT2D eigenvalue weighted by Gasteiger charge is -2.20. The molecule has 1 aliphatic rings. The molecule has 0 N–H and O–H groups in total. The minimum absolute atomic E-state index is 0.472. The summed E-state index contributed by atoms with van der Waals surface area (Å²) >= 11 is 0. The van der Waals surface area contributed by atoms with E-state index in [0.717, 1.165) is 46.4 Å². The van der Waals surface area contributed by atoms with E-state index in [2.05, 4.69) is 131 Å². The van der Waals surface area contributed by atoms with Gasteiger partial charge in [0.25, 0.3) is 0 Å². The number of benzene rings is 5. The van der Waals surface area contributed by atoms with Crippen molar-refractivity contribution >= 4 is 50.2 Å². The first-order chi connectivity index (χ1) is 21.6. The second kappa shape index (κ2) is 11.5. The van der Waals surface area contributed by atoms with Crippen molar-refractivity contribution in [3.8, 4) is 11.3 Å². The zero-order valence-corrected chi connectivity index (χ0v) is 25.6. The van der Waals surface area contributed by atoms with Crippen LogP contribution in [-0.2, 0) is 0 Å². The molecule has 5 aromatic carbocycles. The number of aryl methyl sites for hydroxylation is 1. The van der Waals surface area contributed by atoms with E-state index in [0.29, 0.717) is 5.92 Å². The third kappa shape index (κ3) is 4.77. The predicted molar refractivity (Wildman–Crippen MR) is 190 cm³/mol. The van der Waals surface area contributed by atoms with Crippen LogP contribution in [0.3, 0.4) is 0 Å². The lowest BCUT2D eigenvalue weighted by atomic mass is 9.83. The second-order valence-corrected chi connectivity index (χ2v) is 11.8. The molecule has 44 heavy (non-hydrogen) atoms. The van der Waals surface area contributed by atoms with Gasteiger partial charge in [-0.2, -0.15) is 0 Å². The van der Waals surface area contributed by atoms with Crippen LogP contribution >= 0.6 is 0 Å². The molecule has 0 spiro atoms. The number of nitrogens with zero attached hydrogens (tertiary/aromatic N) is 2. The van der Waals surface area contributed by atoms with Gasteiger partial charge in [-0.25, -0.2) is 9.97 Å². The molecule has 2 nitrogen and oxygen atoms in total. The summed E-state index contributed by atoms with van der Waals surface area (Å²) in [6.45, 7) is 11.1. The van der Waals surface area contributed by atoms with E-state index in [-0.39, 0.29) is 0 Å². The van der Waals surface area contributed by atoms with Gasteiger partial charge in [-0.1, -0.05) is 136 Å². The third-order valence-electron chi connectivity index (χ3n) is 9.11. The van der Waals surface area contributed by atoms with Crippen LogP contribution in [0.5, 0.6) is 0 Å². The summed E-state index contributed by atoms with van der Waals surface area (Å²) in [5, 5.41) is 6.35. The molecule has 0 bridgehead atoms. The van der Waals surface area contributed by atoms with Crippen molar-refractivity contribution in [1.29, 1.82) is 0 Å². The molecule has 0 amide bonds. The molecule has 0 saturated heterocycles. The number of para-hydroxylation sites is 1. The van der Waals surface area contributed by atoms with Crippen LogP contribution in [-0.4, -0.2) is 9.97 Å². The van der Waals surface area contributed by atoms with Crippen molar-refractivity contribution in [2.75, 3.05) is 0 Å². The Balaban J connectivity index is 1.35. The summed E-state index contributed by atoms with van der Waals surface area (Å²) < 4.78 is 0. The van der Waals surface area contributed by atoms with E-state index in [9.17, 15) is 0 Å². The second-order valence-electron chi connectivity index (χ2n) is 11.8. The van der Waals surface area contributed by atoms with Crippen LogP contribution in [0.4, 0.5) is 0 Å². The average molecular weight is 569 g/mol. The monoisotopic (exact) mass is 568 g/mol. The van der Waals surface area contributed by atoms with E-state index in [1.807, 2.05) is 18.2 Å². The van der Waals surface area contributed by atoms with Crippen molar-refractivity contribution in [3.63, 3.8) is 0 Å². The van der Waals surface area contributed by atoms with E-state index in [1.54, 1.807) is 0 Å². The summed E-state index contributed by atoms with van der Waals surface area (Å²) in [4.78, 5) is 10.1. The molecular weight excluding hydrogens is 532 g/mol. The normalized spacial score (nSPS) is 14.8. The minimum Gasteiger partial charge on any atom is -0.228 e. The van der Waals surface area contributed by atoms with E-state index < -0.39 is 0 Å². The SMILES string of the molecule is C=Cc1c(/C=C2/C=CC(c3nc(-c4ccccc4)c4ccccc4n3)=CC2)c2cccc(C(C)CC)c2c2c(C)cccc12. The van der Waals surface area contributed by atoms with E-state index >= 15 is 0 Å². The summed E-state index contributed by atoms with van der Waals surface area (Å²) in [5.74, 6) is 1.23. The standard InChI is InChI=1S/C42H36N2/c1-5-27(3)33-18-13-20-35-37(32(6-2)34-19-12-14-28(4)39(34)40(33)35)26-29-22-24-31(25-23-29)42-43-38-21-11-10-17-36(38)41(44-42)30-15-8-7-9-16-30/h6-22,24-27H,2,5,23H2,1,3-4H3/b29-26-. The number of allylic oxidation sites excluding steroid dienone is 5. The first kappa shape index (κ1) is 27.7. The van der Waals surface area contributed by atoms with Gasteiger partial charge in [0.2, 0.25) is 0 Å². The largest absolute Gasteiger partial charge is 0.228 e. The van der Waals surface area contributed by atoms with Crippen LogP contribution in [0.1, 0.15) is 60.7 Å². The predicted octanol–water partition coefficient (Wildman–Crippen LogP) is 11.5. The zero-order valence-electron chi connectivity index (χ0n) is 25.6. The molecule has 1 unspecified atom stereocenters. The number of fused-ring (bicyclic) bond motifs is 4. The van der Waals surface area contributed by atoms with E-state index in [1.165, 1.54) is 49.4 Å². The van der Waals surface area contributed by atoms with Crippen LogP contribution in [0.15, 0.2) is 121 Å². The van der Waals surface area contributed by atoms with E-state index in [4.69, 9.17) is 9.97 Å². The number of hydrogen-bond donors (Lipinski definition) is 0. The van der Waals surface area contributed by atoms with Gasteiger partial charge in [0, 0.05) is 16.5 Å². The molecule has 6 aromatic rings. The molecule has 214 valence electrons. The average Bonchev–Trinajstić information content (AvgIpc) is 3.08. The highest BCUT2D eigenvalue weighted by Gasteiger charge is 2.19. The van der Waals surface area contributed by atoms with Gasteiger partial charge in [-0.05, 0) is 81.1 Å². The van der Waals surface area contributed by atoms with Gasteiger partial charge in [-0.15, -0.1) is 0 Å². The maximum absolute atomic E-state index is 5.09. The van der Waals surface area contributed by atoms with Crippen molar-refractivity contribution in [3.05, 3.63) is 149 Å². The third-order valence-corrected chi connectivity index (χ3v) is 9.11. The molecule has 1 atom stereocenters. The Hall–Kier alpha value is -5.08. The summed E-state index contributed by atoms with van der Waals surface area (Å²) in [7, 11) is 0. The molecule has 1 aliphatic carbocycles. The Labute approximate surface area is 259 Å². The quantitative estimate of drug-likeness (QED) is 0.187. The van der Waals surface area contributed by atoms with Crippen molar-refractivity contribution in [2.24, 2.45) is 0 Å². The van der Waals surface area contributed by atoms with Gasteiger partial charge in [0.05, 0.1) is 11.2 Å². The topological polar surface area (TPSA) is 25.8 Å². The van der Waals surface area contributed by atoms with Gasteiger partial charge < -0.3 is 0 Å². The Kier molecular flexibility index (Phi) is 7.28. The highest BCUT2D eigenvalue weighted by atomic mass is 14.9. The Morgan fingerprint density at radius 1 is 0.773 bits per heavy atom. The zero-order chi connectivity index (χ0) is 30.2. The smallest absolute Gasteiger partial charge is 0.160 e. The van der Waals surface area contributed by atoms with Gasteiger partial charge in [0.1, 0.15) is 0 Å². The van der Waals surface area contributed by atoms with Crippen molar-refractivity contribution < 1.29 is 0 Å². The Bertz CT molecular complexity index is 2160. The molecule has 0 saturated carbocycles. The Morgan fingerprint density at radius 3 is 2.25 bits per heavy atom. The molecule has 0 radical (unpaired) electrons. The van der Waals surface area contributed by atoms with Crippen LogP contribution in [0, 0.1) is 6.92 Å². The van der Waals surface area contributed by atoms with Gasteiger partial charge in [0.15, 0.2) is 5.82 Å². The summed E-state index contributed by atoms with van der Waals surface area (Å²) in [5.41, 5.74) is 10.5. The minimum atomic E-state index is 0.472. The van der Waals surface area contributed by atoms with Gasteiger partial charge >= 0.3 is 0 Å². The molecule has 0 aliphatic heterocycles.